The zero-order chi connectivity index (χ0) is 16.8. The second-order valence-electron chi connectivity index (χ2n) is 6.27. The van der Waals surface area contributed by atoms with Gasteiger partial charge in [-0.05, 0) is 24.6 Å². The van der Waals surface area contributed by atoms with Gasteiger partial charge < -0.3 is 9.30 Å². The smallest absolute Gasteiger partial charge is 0.312 e. The largest absolute Gasteiger partial charge is 0.425 e. The van der Waals surface area contributed by atoms with Gasteiger partial charge in [0.2, 0.25) is 0 Å². The molecule has 0 aliphatic carbocycles. The van der Waals surface area contributed by atoms with Gasteiger partial charge in [0.1, 0.15) is 5.75 Å². The molecule has 0 saturated heterocycles. The number of hydrogen-bond acceptors (Lipinski definition) is 3. The summed E-state index contributed by atoms with van der Waals surface area (Å²) in [5, 5.41) is 0.791. The number of esters is 1. The van der Waals surface area contributed by atoms with Crippen molar-refractivity contribution in [3.05, 3.63) is 75.6 Å². The molecule has 4 nitrogen and oxygen atoms in total. The average Bonchev–Trinajstić information content (AvgIpc) is 2.59. The molecule has 2 aromatic carbocycles. The van der Waals surface area contributed by atoms with Crippen molar-refractivity contribution in [3.63, 3.8) is 0 Å². The van der Waals surface area contributed by atoms with Gasteiger partial charge in [0, 0.05) is 18.4 Å². The first-order valence-electron chi connectivity index (χ1n) is 7.95. The third-order valence-electron chi connectivity index (χ3n) is 4.70. The molecule has 0 bridgehead atoms. The Kier molecular flexibility index (Phi) is 3.27. The molecular formula is C20H17NO3. The first kappa shape index (κ1) is 14.7. The quantitative estimate of drug-likeness (QED) is 0.647. The fourth-order valence-corrected chi connectivity index (χ4v) is 3.42. The molecule has 1 aliphatic heterocycles. The minimum atomic E-state index is -0.300. The summed E-state index contributed by atoms with van der Waals surface area (Å²) in [6.07, 6.45) is 0.184. The highest BCUT2D eigenvalue weighted by atomic mass is 16.5. The van der Waals surface area contributed by atoms with Gasteiger partial charge in [-0.2, -0.15) is 0 Å². The van der Waals surface area contributed by atoms with Crippen LogP contribution in [-0.2, 0) is 11.8 Å². The SMILES string of the molecule is Cc1ccc([C@@H]2CC(=O)Oc3c2c(=O)n(C)c2ccccc32)cc1. The van der Waals surface area contributed by atoms with Crippen molar-refractivity contribution in [3.8, 4) is 5.75 Å². The Labute approximate surface area is 139 Å². The van der Waals surface area contributed by atoms with E-state index in [0.717, 1.165) is 22.0 Å². The highest BCUT2D eigenvalue weighted by Gasteiger charge is 2.33. The number of nitrogens with zero attached hydrogens (tertiary/aromatic N) is 1. The molecular weight excluding hydrogens is 302 g/mol. The summed E-state index contributed by atoms with van der Waals surface area (Å²) < 4.78 is 7.14. The molecule has 4 heteroatoms. The van der Waals surface area contributed by atoms with Crippen LogP contribution >= 0.6 is 0 Å². The summed E-state index contributed by atoms with van der Waals surface area (Å²) >= 11 is 0. The summed E-state index contributed by atoms with van der Waals surface area (Å²) in [6, 6.07) is 15.5. The summed E-state index contributed by atoms with van der Waals surface area (Å²) in [5.41, 5.74) is 3.33. The number of ether oxygens (including phenoxy) is 1. The maximum atomic E-state index is 13.0. The third-order valence-corrected chi connectivity index (χ3v) is 4.70. The molecule has 0 spiro atoms. The molecule has 0 unspecified atom stereocenters. The lowest BCUT2D eigenvalue weighted by Gasteiger charge is -2.26. The van der Waals surface area contributed by atoms with Gasteiger partial charge >= 0.3 is 5.97 Å². The zero-order valence-corrected chi connectivity index (χ0v) is 13.6. The normalized spacial score (nSPS) is 16.8. The first-order valence-corrected chi connectivity index (χ1v) is 7.95. The number of fused-ring (bicyclic) bond motifs is 3. The molecule has 2 heterocycles. The Bertz CT molecular complexity index is 1020. The molecule has 0 saturated carbocycles. The van der Waals surface area contributed by atoms with Crippen LogP contribution < -0.4 is 10.3 Å². The Balaban J connectivity index is 2.05. The average molecular weight is 319 g/mol. The fourth-order valence-electron chi connectivity index (χ4n) is 3.42. The second kappa shape index (κ2) is 5.34. The Morgan fingerprint density at radius 3 is 2.50 bits per heavy atom. The minimum absolute atomic E-state index is 0.109. The second-order valence-corrected chi connectivity index (χ2v) is 6.27. The van der Waals surface area contributed by atoms with Crippen molar-refractivity contribution in [1.29, 1.82) is 0 Å². The lowest BCUT2D eigenvalue weighted by atomic mass is 9.86. The van der Waals surface area contributed by atoms with E-state index in [1.165, 1.54) is 0 Å². The number of rotatable bonds is 1. The van der Waals surface area contributed by atoms with Crippen LogP contribution in [0.15, 0.2) is 53.3 Å². The number of aromatic nitrogens is 1. The monoisotopic (exact) mass is 319 g/mol. The molecule has 0 radical (unpaired) electrons. The molecule has 1 aromatic heterocycles. The maximum absolute atomic E-state index is 13.0. The van der Waals surface area contributed by atoms with E-state index in [0.29, 0.717) is 11.3 Å². The Morgan fingerprint density at radius 1 is 1.04 bits per heavy atom. The standard InChI is InChI=1S/C20H17NO3/c1-12-7-9-13(10-8-12)15-11-17(22)24-19-14-5-3-4-6-16(14)21(2)20(23)18(15)19/h3-10,15H,11H2,1-2H3/t15-/m0/s1. The van der Waals surface area contributed by atoms with Crippen LogP contribution in [-0.4, -0.2) is 10.5 Å². The van der Waals surface area contributed by atoms with Crippen LogP contribution in [0.4, 0.5) is 0 Å². The Morgan fingerprint density at radius 2 is 1.75 bits per heavy atom. The van der Waals surface area contributed by atoms with Crippen molar-refractivity contribution in [1.82, 2.24) is 4.57 Å². The number of para-hydroxylation sites is 1. The zero-order valence-electron chi connectivity index (χ0n) is 13.6. The van der Waals surface area contributed by atoms with Crippen molar-refractivity contribution >= 4 is 16.9 Å². The topological polar surface area (TPSA) is 48.3 Å². The van der Waals surface area contributed by atoms with Gasteiger partial charge in [0.15, 0.2) is 0 Å². The van der Waals surface area contributed by atoms with Gasteiger partial charge in [-0.25, -0.2) is 0 Å². The lowest BCUT2D eigenvalue weighted by Crippen LogP contribution is -2.31. The molecule has 0 fully saturated rings. The Hall–Kier alpha value is -2.88. The minimum Gasteiger partial charge on any atom is -0.425 e. The first-order chi connectivity index (χ1) is 11.6. The van der Waals surface area contributed by atoms with E-state index in [4.69, 9.17) is 4.74 Å². The van der Waals surface area contributed by atoms with Gasteiger partial charge in [0.05, 0.1) is 17.5 Å². The molecule has 0 N–H and O–H groups in total. The lowest BCUT2D eigenvalue weighted by molar-refractivity contribution is -0.135. The maximum Gasteiger partial charge on any atom is 0.312 e. The highest BCUT2D eigenvalue weighted by molar-refractivity contribution is 5.91. The predicted octanol–water partition coefficient (Wildman–Crippen LogP) is 3.29. The van der Waals surface area contributed by atoms with E-state index < -0.39 is 0 Å². The molecule has 0 amide bonds. The van der Waals surface area contributed by atoms with Crippen molar-refractivity contribution < 1.29 is 9.53 Å². The van der Waals surface area contributed by atoms with E-state index in [9.17, 15) is 9.59 Å². The van der Waals surface area contributed by atoms with E-state index in [1.807, 2.05) is 55.5 Å². The van der Waals surface area contributed by atoms with Crippen molar-refractivity contribution in [2.75, 3.05) is 0 Å². The van der Waals surface area contributed by atoms with Crippen LogP contribution in [0, 0.1) is 6.92 Å². The number of carbonyl (C=O) groups is 1. The fraction of sp³-hybridized carbons (Fsp3) is 0.200. The van der Waals surface area contributed by atoms with Gasteiger partial charge in [-0.1, -0.05) is 42.0 Å². The van der Waals surface area contributed by atoms with Gasteiger partial charge in [-0.15, -0.1) is 0 Å². The molecule has 1 atom stereocenters. The molecule has 120 valence electrons. The predicted molar refractivity (Wildman–Crippen MR) is 92.5 cm³/mol. The highest BCUT2D eigenvalue weighted by Crippen LogP contribution is 2.40. The van der Waals surface area contributed by atoms with E-state index in [-0.39, 0.29) is 23.9 Å². The van der Waals surface area contributed by atoms with Gasteiger partial charge in [0.25, 0.3) is 5.56 Å². The van der Waals surface area contributed by atoms with Crippen molar-refractivity contribution in [2.45, 2.75) is 19.3 Å². The molecule has 3 aromatic rings. The number of benzene rings is 2. The van der Waals surface area contributed by atoms with Crippen LogP contribution in [0.2, 0.25) is 0 Å². The third kappa shape index (κ3) is 2.14. The summed E-state index contributed by atoms with van der Waals surface area (Å²) in [7, 11) is 1.76. The number of aryl methyl sites for hydroxylation is 2. The van der Waals surface area contributed by atoms with Crippen LogP contribution in [0.5, 0.6) is 5.75 Å². The van der Waals surface area contributed by atoms with E-state index in [2.05, 4.69) is 0 Å². The molecule has 1 aliphatic rings. The summed E-state index contributed by atoms with van der Waals surface area (Å²) in [6.45, 7) is 2.01. The van der Waals surface area contributed by atoms with Crippen LogP contribution in [0.1, 0.15) is 29.0 Å². The number of pyridine rings is 1. The number of carbonyl (C=O) groups excluding carboxylic acids is 1. The molecule has 4 rings (SSSR count). The summed E-state index contributed by atoms with van der Waals surface area (Å²) in [5.74, 6) is -0.160. The summed E-state index contributed by atoms with van der Waals surface area (Å²) in [4.78, 5) is 25.1. The van der Waals surface area contributed by atoms with E-state index in [1.54, 1.807) is 11.6 Å². The number of hydrogen-bond donors (Lipinski definition) is 0. The van der Waals surface area contributed by atoms with Crippen LogP contribution in [0.3, 0.4) is 0 Å². The van der Waals surface area contributed by atoms with Gasteiger partial charge in [-0.3, -0.25) is 9.59 Å². The van der Waals surface area contributed by atoms with Crippen molar-refractivity contribution in [2.24, 2.45) is 7.05 Å². The van der Waals surface area contributed by atoms with E-state index >= 15 is 0 Å². The molecule has 24 heavy (non-hydrogen) atoms. The van der Waals surface area contributed by atoms with Crippen LogP contribution in [0.25, 0.3) is 10.9 Å².